The third-order valence-electron chi connectivity index (χ3n) is 1.69. The number of hydrogen-bond donors (Lipinski definition) is 1. The first-order chi connectivity index (χ1) is 7.40. The summed E-state index contributed by atoms with van der Waals surface area (Å²) >= 11 is 0. The number of benzene rings is 1. The number of nitrogens with one attached hydrogen (secondary N) is 1. The van der Waals surface area contributed by atoms with E-state index in [-0.39, 0.29) is 5.54 Å². The summed E-state index contributed by atoms with van der Waals surface area (Å²) in [7, 11) is 0. The lowest BCUT2D eigenvalue weighted by Gasteiger charge is -2.19. The van der Waals surface area contributed by atoms with E-state index in [9.17, 15) is 4.79 Å². The van der Waals surface area contributed by atoms with Gasteiger partial charge in [-0.15, -0.1) is 6.42 Å². The summed E-state index contributed by atoms with van der Waals surface area (Å²) in [5, 5.41) is 2.69. The number of rotatable bonds is 1. The minimum atomic E-state index is -0.485. The van der Waals surface area contributed by atoms with E-state index in [1.54, 1.807) is 24.3 Å². The van der Waals surface area contributed by atoms with Crippen LogP contribution in [0.3, 0.4) is 0 Å². The summed E-state index contributed by atoms with van der Waals surface area (Å²) in [6.07, 6.45) is 4.76. The molecule has 1 aromatic carbocycles. The highest BCUT2D eigenvalue weighted by atomic mass is 16.6. The van der Waals surface area contributed by atoms with Gasteiger partial charge in [-0.05, 0) is 39.0 Å². The molecule has 1 amide bonds. The summed E-state index contributed by atoms with van der Waals surface area (Å²) in [6, 6.07) is 6.84. The predicted octanol–water partition coefficient (Wildman–Crippen LogP) is 2.55. The molecule has 0 spiro atoms. The molecule has 1 aromatic rings. The smallest absolute Gasteiger partial charge is 0.410 e. The highest BCUT2D eigenvalue weighted by molar-refractivity contribution is 5.71. The van der Waals surface area contributed by atoms with Gasteiger partial charge in [0.25, 0.3) is 0 Å². The third kappa shape index (κ3) is 4.05. The minimum Gasteiger partial charge on any atom is -0.410 e. The topological polar surface area (TPSA) is 38.3 Å². The quantitative estimate of drug-likeness (QED) is 0.734. The molecule has 0 aliphatic rings. The highest BCUT2D eigenvalue weighted by Gasteiger charge is 2.15. The summed E-state index contributed by atoms with van der Waals surface area (Å²) in [4.78, 5) is 11.4. The fourth-order valence-corrected chi connectivity index (χ4v) is 1.09. The number of carbonyl (C=O) groups is 1. The van der Waals surface area contributed by atoms with Crippen LogP contribution in [0.4, 0.5) is 4.79 Å². The molecule has 0 bridgehead atoms. The lowest BCUT2D eigenvalue weighted by atomic mass is 10.1. The monoisotopic (exact) mass is 217 g/mol. The van der Waals surface area contributed by atoms with Crippen LogP contribution in [0.25, 0.3) is 0 Å². The number of terminal acetylenes is 1. The Labute approximate surface area is 95.8 Å². The molecule has 0 aliphatic heterocycles. The first-order valence-corrected chi connectivity index (χ1v) is 4.97. The van der Waals surface area contributed by atoms with Crippen molar-refractivity contribution < 1.29 is 9.53 Å². The fourth-order valence-electron chi connectivity index (χ4n) is 1.09. The van der Waals surface area contributed by atoms with Gasteiger partial charge in [0.1, 0.15) is 5.75 Å². The maximum Gasteiger partial charge on any atom is 0.413 e. The van der Waals surface area contributed by atoms with Crippen molar-refractivity contribution in [3.63, 3.8) is 0 Å². The Bertz CT molecular complexity index is 424. The molecule has 3 heteroatoms. The largest absolute Gasteiger partial charge is 0.413 e. The Morgan fingerprint density at radius 2 is 2.12 bits per heavy atom. The second-order valence-corrected chi connectivity index (χ2v) is 4.44. The number of ether oxygens (including phenoxy) is 1. The van der Waals surface area contributed by atoms with E-state index in [4.69, 9.17) is 11.2 Å². The molecule has 1 N–H and O–H groups in total. The van der Waals surface area contributed by atoms with Gasteiger partial charge in [0, 0.05) is 11.1 Å². The molecule has 0 saturated carbocycles. The van der Waals surface area contributed by atoms with E-state index in [1.807, 2.05) is 20.8 Å². The van der Waals surface area contributed by atoms with E-state index in [0.29, 0.717) is 11.3 Å². The van der Waals surface area contributed by atoms with Crippen LogP contribution in [0.5, 0.6) is 5.75 Å². The Morgan fingerprint density at radius 3 is 2.69 bits per heavy atom. The number of hydrogen-bond acceptors (Lipinski definition) is 2. The van der Waals surface area contributed by atoms with Gasteiger partial charge in [-0.25, -0.2) is 4.79 Å². The van der Waals surface area contributed by atoms with E-state index in [1.165, 1.54) is 0 Å². The molecule has 3 nitrogen and oxygen atoms in total. The van der Waals surface area contributed by atoms with Crippen molar-refractivity contribution in [3.8, 4) is 18.1 Å². The van der Waals surface area contributed by atoms with Gasteiger partial charge in [-0.2, -0.15) is 0 Å². The van der Waals surface area contributed by atoms with Gasteiger partial charge in [-0.3, -0.25) is 0 Å². The number of amides is 1. The molecular formula is C13H15NO2. The zero-order chi connectivity index (χ0) is 12.2. The summed E-state index contributed by atoms with van der Waals surface area (Å²) < 4.78 is 5.09. The van der Waals surface area contributed by atoms with Crippen molar-refractivity contribution in [1.82, 2.24) is 5.32 Å². The Hall–Kier alpha value is -1.95. The first-order valence-electron chi connectivity index (χ1n) is 4.97. The zero-order valence-corrected chi connectivity index (χ0v) is 9.70. The van der Waals surface area contributed by atoms with Crippen molar-refractivity contribution in [2.45, 2.75) is 26.3 Å². The van der Waals surface area contributed by atoms with Gasteiger partial charge in [0.15, 0.2) is 0 Å². The van der Waals surface area contributed by atoms with Gasteiger partial charge in [0.2, 0.25) is 0 Å². The Balaban J connectivity index is 2.67. The maximum absolute atomic E-state index is 11.4. The number of carbonyl (C=O) groups excluding carboxylic acids is 1. The molecule has 0 radical (unpaired) electrons. The van der Waals surface area contributed by atoms with E-state index < -0.39 is 6.09 Å². The average Bonchev–Trinajstić information content (AvgIpc) is 2.15. The van der Waals surface area contributed by atoms with Crippen LogP contribution in [0, 0.1) is 12.3 Å². The molecule has 0 fully saturated rings. The fraction of sp³-hybridized carbons (Fsp3) is 0.308. The van der Waals surface area contributed by atoms with Crippen molar-refractivity contribution in [1.29, 1.82) is 0 Å². The van der Waals surface area contributed by atoms with Crippen LogP contribution in [0.1, 0.15) is 26.3 Å². The second kappa shape index (κ2) is 4.71. The SMILES string of the molecule is C#Cc1cccc(OC(=O)NC(C)(C)C)c1. The molecule has 0 atom stereocenters. The lowest BCUT2D eigenvalue weighted by molar-refractivity contribution is 0.190. The summed E-state index contributed by atoms with van der Waals surface area (Å²) in [6.45, 7) is 5.64. The van der Waals surface area contributed by atoms with E-state index >= 15 is 0 Å². The highest BCUT2D eigenvalue weighted by Crippen LogP contribution is 2.13. The van der Waals surface area contributed by atoms with Crippen LogP contribution < -0.4 is 10.1 Å². The van der Waals surface area contributed by atoms with Crippen molar-refractivity contribution >= 4 is 6.09 Å². The van der Waals surface area contributed by atoms with Gasteiger partial charge in [0.05, 0.1) is 0 Å². The maximum atomic E-state index is 11.4. The van der Waals surface area contributed by atoms with Crippen molar-refractivity contribution in [3.05, 3.63) is 29.8 Å². The predicted molar refractivity (Wildman–Crippen MR) is 63.3 cm³/mol. The molecule has 0 aliphatic carbocycles. The van der Waals surface area contributed by atoms with Crippen LogP contribution in [-0.4, -0.2) is 11.6 Å². The second-order valence-electron chi connectivity index (χ2n) is 4.44. The molecule has 0 heterocycles. The zero-order valence-electron chi connectivity index (χ0n) is 9.70. The Kier molecular flexibility index (Phi) is 3.57. The lowest BCUT2D eigenvalue weighted by Crippen LogP contribution is -2.42. The average molecular weight is 217 g/mol. The first kappa shape index (κ1) is 12.1. The molecule has 0 unspecified atom stereocenters. The van der Waals surface area contributed by atoms with Crippen LogP contribution >= 0.6 is 0 Å². The van der Waals surface area contributed by atoms with E-state index in [2.05, 4.69) is 11.2 Å². The summed E-state index contributed by atoms with van der Waals surface area (Å²) in [5.74, 6) is 2.92. The molecular weight excluding hydrogens is 202 g/mol. The summed E-state index contributed by atoms with van der Waals surface area (Å²) in [5.41, 5.74) is 0.363. The van der Waals surface area contributed by atoms with Crippen molar-refractivity contribution in [2.75, 3.05) is 0 Å². The third-order valence-corrected chi connectivity index (χ3v) is 1.69. The molecule has 0 saturated heterocycles. The van der Waals surface area contributed by atoms with Crippen LogP contribution in [0.2, 0.25) is 0 Å². The normalized spacial score (nSPS) is 10.4. The molecule has 1 rings (SSSR count). The van der Waals surface area contributed by atoms with Crippen LogP contribution in [-0.2, 0) is 0 Å². The van der Waals surface area contributed by atoms with Crippen LogP contribution in [0.15, 0.2) is 24.3 Å². The molecule has 84 valence electrons. The van der Waals surface area contributed by atoms with Gasteiger partial charge >= 0.3 is 6.09 Å². The van der Waals surface area contributed by atoms with Crippen molar-refractivity contribution in [2.24, 2.45) is 0 Å². The molecule has 16 heavy (non-hydrogen) atoms. The minimum absolute atomic E-state index is 0.319. The standard InChI is InChI=1S/C13H15NO2/c1-5-10-7-6-8-11(9-10)16-12(15)14-13(2,3)4/h1,6-9H,2-4H3,(H,14,15). The van der Waals surface area contributed by atoms with Gasteiger partial charge in [-0.1, -0.05) is 12.0 Å². The van der Waals surface area contributed by atoms with E-state index in [0.717, 1.165) is 0 Å². The molecule has 0 aromatic heterocycles. The Morgan fingerprint density at radius 1 is 1.44 bits per heavy atom. The van der Waals surface area contributed by atoms with Gasteiger partial charge < -0.3 is 10.1 Å².